The van der Waals surface area contributed by atoms with Gasteiger partial charge in [-0.05, 0) is 37.3 Å². The number of amides is 2. The highest BCUT2D eigenvalue weighted by atomic mass is 32.2. The second kappa shape index (κ2) is 5.92. The third kappa shape index (κ3) is 2.67. The maximum absolute atomic E-state index is 12.6. The summed E-state index contributed by atoms with van der Waals surface area (Å²) in [6.45, 7) is 1.77. The van der Waals surface area contributed by atoms with Gasteiger partial charge in [-0.3, -0.25) is 9.59 Å². The Hall–Kier alpha value is -3.20. The van der Waals surface area contributed by atoms with Crippen molar-refractivity contribution in [3.05, 3.63) is 59.4 Å². The first kappa shape index (κ1) is 17.2. The van der Waals surface area contributed by atoms with E-state index < -0.39 is 27.9 Å². The highest BCUT2D eigenvalue weighted by Gasteiger charge is 2.39. The molecule has 2 heterocycles. The van der Waals surface area contributed by atoms with Crippen LogP contribution in [0.15, 0.2) is 47.4 Å². The number of sulfonamides is 1. The van der Waals surface area contributed by atoms with Gasteiger partial charge in [0.05, 0.1) is 22.6 Å². The summed E-state index contributed by atoms with van der Waals surface area (Å²) in [7, 11) is -2.71. The standard InChI is InChI=1S/C18H16N4O4S/c1-10(16-20-13-5-3-4-6-14(13)21-16)19-17(23)11-7-8-12-15(9-11)27(25,26)22(2)18(12)24/h3-10H,1-2H3,(H,19,23)(H,20,21). The molecule has 4 rings (SSSR count). The van der Waals surface area contributed by atoms with E-state index in [1.165, 1.54) is 25.2 Å². The molecule has 0 spiro atoms. The molecule has 0 saturated carbocycles. The third-order valence-corrected chi connectivity index (χ3v) is 6.34. The number of benzene rings is 2. The van der Waals surface area contributed by atoms with Gasteiger partial charge in [-0.2, -0.15) is 0 Å². The molecule has 138 valence electrons. The van der Waals surface area contributed by atoms with E-state index in [-0.39, 0.29) is 16.0 Å². The van der Waals surface area contributed by atoms with Gasteiger partial charge < -0.3 is 10.3 Å². The van der Waals surface area contributed by atoms with Crippen molar-refractivity contribution < 1.29 is 18.0 Å². The monoisotopic (exact) mass is 384 g/mol. The van der Waals surface area contributed by atoms with Gasteiger partial charge in [0.15, 0.2) is 0 Å². The first-order valence-electron chi connectivity index (χ1n) is 8.22. The number of imidazole rings is 1. The number of fused-ring (bicyclic) bond motifs is 2. The Morgan fingerprint density at radius 3 is 2.70 bits per heavy atom. The van der Waals surface area contributed by atoms with Gasteiger partial charge in [0, 0.05) is 12.6 Å². The number of aromatic amines is 1. The van der Waals surface area contributed by atoms with Crippen molar-refractivity contribution in [2.75, 3.05) is 7.05 Å². The number of H-pyrrole nitrogens is 1. The number of carbonyl (C=O) groups excluding carboxylic acids is 2. The molecule has 0 radical (unpaired) electrons. The molecule has 0 fully saturated rings. The average Bonchev–Trinajstić information content (AvgIpc) is 3.16. The highest BCUT2D eigenvalue weighted by molar-refractivity contribution is 7.90. The van der Waals surface area contributed by atoms with Crippen LogP contribution in [0.2, 0.25) is 0 Å². The minimum Gasteiger partial charge on any atom is -0.342 e. The fourth-order valence-corrected chi connectivity index (χ4v) is 4.33. The molecular formula is C18H16N4O4S. The molecule has 0 aliphatic carbocycles. The van der Waals surface area contributed by atoms with Crippen LogP contribution in [0.25, 0.3) is 11.0 Å². The lowest BCUT2D eigenvalue weighted by molar-refractivity contribution is 0.0889. The summed E-state index contributed by atoms with van der Waals surface area (Å²) in [4.78, 5) is 32.0. The fourth-order valence-electron chi connectivity index (χ4n) is 3.01. The smallest absolute Gasteiger partial charge is 0.268 e. The molecule has 2 amide bonds. The van der Waals surface area contributed by atoms with Crippen molar-refractivity contribution in [2.45, 2.75) is 17.9 Å². The molecule has 1 aliphatic heterocycles. The SMILES string of the molecule is CC(NC(=O)c1ccc2c(c1)S(=O)(=O)N(C)C2=O)c1nc2ccccc2[nH]1. The van der Waals surface area contributed by atoms with Crippen LogP contribution in [0.5, 0.6) is 0 Å². The van der Waals surface area contributed by atoms with Crippen molar-refractivity contribution in [2.24, 2.45) is 0 Å². The number of nitrogens with one attached hydrogen (secondary N) is 2. The zero-order valence-electron chi connectivity index (χ0n) is 14.6. The van der Waals surface area contributed by atoms with Crippen LogP contribution in [0.4, 0.5) is 0 Å². The Labute approximate surface area is 155 Å². The number of hydrogen-bond acceptors (Lipinski definition) is 5. The molecule has 2 N–H and O–H groups in total. The fraction of sp³-hybridized carbons (Fsp3) is 0.167. The van der Waals surface area contributed by atoms with E-state index in [0.717, 1.165) is 11.0 Å². The molecular weight excluding hydrogens is 368 g/mol. The summed E-state index contributed by atoms with van der Waals surface area (Å²) in [6.07, 6.45) is 0. The Bertz CT molecular complexity index is 1170. The van der Waals surface area contributed by atoms with E-state index in [0.29, 0.717) is 10.1 Å². The van der Waals surface area contributed by atoms with Gasteiger partial charge in [-0.1, -0.05) is 12.1 Å². The van der Waals surface area contributed by atoms with Crippen LogP contribution in [0.1, 0.15) is 39.5 Å². The van der Waals surface area contributed by atoms with Crippen LogP contribution in [-0.4, -0.2) is 41.6 Å². The van der Waals surface area contributed by atoms with Crippen molar-refractivity contribution in [3.63, 3.8) is 0 Å². The van der Waals surface area contributed by atoms with Gasteiger partial charge >= 0.3 is 0 Å². The first-order chi connectivity index (χ1) is 12.8. The molecule has 1 unspecified atom stereocenters. The molecule has 1 aliphatic rings. The predicted octanol–water partition coefficient (Wildman–Crippen LogP) is 1.83. The number of hydrogen-bond donors (Lipinski definition) is 2. The predicted molar refractivity (Wildman–Crippen MR) is 97.7 cm³/mol. The Balaban J connectivity index is 1.61. The molecule has 1 aromatic heterocycles. The van der Waals surface area contributed by atoms with Crippen molar-refractivity contribution in [3.8, 4) is 0 Å². The molecule has 9 heteroatoms. The molecule has 0 saturated heterocycles. The Morgan fingerprint density at radius 1 is 1.22 bits per heavy atom. The maximum atomic E-state index is 12.6. The molecule has 27 heavy (non-hydrogen) atoms. The van der Waals surface area contributed by atoms with Crippen LogP contribution in [-0.2, 0) is 10.0 Å². The molecule has 3 aromatic rings. The summed E-state index contributed by atoms with van der Waals surface area (Å²) < 4.78 is 25.2. The van der Waals surface area contributed by atoms with Gasteiger partial charge in [-0.15, -0.1) is 0 Å². The lowest BCUT2D eigenvalue weighted by Crippen LogP contribution is -2.27. The van der Waals surface area contributed by atoms with E-state index in [9.17, 15) is 18.0 Å². The van der Waals surface area contributed by atoms with Gasteiger partial charge in [0.1, 0.15) is 10.7 Å². The van der Waals surface area contributed by atoms with Gasteiger partial charge in [0.25, 0.3) is 21.8 Å². The number of rotatable bonds is 3. The van der Waals surface area contributed by atoms with Crippen molar-refractivity contribution in [1.29, 1.82) is 0 Å². The quantitative estimate of drug-likeness (QED) is 0.715. The summed E-state index contributed by atoms with van der Waals surface area (Å²) in [5, 5.41) is 2.79. The van der Waals surface area contributed by atoms with Crippen LogP contribution >= 0.6 is 0 Å². The third-order valence-electron chi connectivity index (χ3n) is 4.56. The summed E-state index contributed by atoms with van der Waals surface area (Å²) in [5.41, 5.74) is 1.88. The second-order valence-electron chi connectivity index (χ2n) is 6.32. The minimum absolute atomic E-state index is 0.0689. The Kier molecular flexibility index (Phi) is 3.77. The summed E-state index contributed by atoms with van der Waals surface area (Å²) >= 11 is 0. The van der Waals surface area contributed by atoms with E-state index in [1.807, 2.05) is 24.3 Å². The second-order valence-corrected chi connectivity index (χ2v) is 8.26. The number of nitrogens with zero attached hydrogens (tertiary/aromatic N) is 2. The molecule has 8 nitrogen and oxygen atoms in total. The Morgan fingerprint density at radius 2 is 1.96 bits per heavy atom. The normalized spacial score (nSPS) is 16.4. The van der Waals surface area contributed by atoms with E-state index in [2.05, 4.69) is 15.3 Å². The van der Waals surface area contributed by atoms with Crippen molar-refractivity contribution >= 4 is 32.9 Å². The van der Waals surface area contributed by atoms with Crippen molar-refractivity contribution in [1.82, 2.24) is 19.6 Å². The van der Waals surface area contributed by atoms with E-state index in [4.69, 9.17) is 0 Å². The van der Waals surface area contributed by atoms with Gasteiger partial charge in [0.2, 0.25) is 0 Å². The largest absolute Gasteiger partial charge is 0.342 e. The molecule has 0 bridgehead atoms. The highest BCUT2D eigenvalue weighted by Crippen LogP contribution is 2.29. The zero-order valence-corrected chi connectivity index (χ0v) is 15.4. The maximum Gasteiger partial charge on any atom is 0.268 e. The van der Waals surface area contributed by atoms with Crippen LogP contribution in [0, 0.1) is 0 Å². The van der Waals surface area contributed by atoms with Gasteiger partial charge in [-0.25, -0.2) is 17.7 Å². The number of para-hydroxylation sites is 2. The van der Waals surface area contributed by atoms with Crippen LogP contribution < -0.4 is 5.32 Å². The topological polar surface area (TPSA) is 112 Å². The lowest BCUT2D eigenvalue weighted by Gasteiger charge is -2.12. The molecule has 1 atom stereocenters. The molecule has 2 aromatic carbocycles. The first-order valence-corrected chi connectivity index (χ1v) is 9.66. The van der Waals surface area contributed by atoms with E-state index >= 15 is 0 Å². The van der Waals surface area contributed by atoms with E-state index in [1.54, 1.807) is 6.92 Å². The minimum atomic E-state index is -3.90. The number of aromatic nitrogens is 2. The summed E-state index contributed by atoms with van der Waals surface area (Å²) in [6, 6.07) is 11.1. The lowest BCUT2D eigenvalue weighted by atomic mass is 10.1. The number of carbonyl (C=O) groups is 2. The van der Waals surface area contributed by atoms with Crippen LogP contribution in [0.3, 0.4) is 0 Å². The average molecular weight is 384 g/mol. The zero-order chi connectivity index (χ0) is 19.3. The summed E-state index contributed by atoms with van der Waals surface area (Å²) in [5.74, 6) is -0.469.